The molecule has 2 heteroatoms. The first-order chi connectivity index (χ1) is 12.8. The predicted molar refractivity (Wildman–Crippen MR) is 119 cm³/mol. The number of hydrogen-bond donors (Lipinski definition) is 2. The fourth-order valence-electron chi connectivity index (χ4n) is 3.64. The summed E-state index contributed by atoms with van der Waals surface area (Å²) in [6, 6.07) is 5.70. The molecule has 0 aliphatic heterocycles. The third kappa shape index (κ3) is 11.9. The van der Waals surface area contributed by atoms with Gasteiger partial charge < -0.3 is 5.11 Å². The van der Waals surface area contributed by atoms with E-state index in [9.17, 15) is 5.11 Å². The molecule has 1 nitrogen and oxygen atoms in total. The molecule has 0 aliphatic carbocycles. The van der Waals surface area contributed by atoms with E-state index in [4.69, 9.17) is 0 Å². The monoisotopic (exact) mass is 378 g/mol. The van der Waals surface area contributed by atoms with E-state index in [0.29, 0.717) is 5.75 Å². The number of aromatic hydroxyl groups is 1. The number of benzene rings is 1. The molecule has 0 bridgehead atoms. The van der Waals surface area contributed by atoms with E-state index in [2.05, 4.69) is 25.6 Å². The van der Waals surface area contributed by atoms with Crippen molar-refractivity contribution in [2.45, 2.75) is 121 Å². The molecule has 0 saturated carbocycles. The number of hydrogen-bond acceptors (Lipinski definition) is 2. The van der Waals surface area contributed by atoms with Crippen LogP contribution < -0.4 is 0 Å². The van der Waals surface area contributed by atoms with E-state index >= 15 is 0 Å². The van der Waals surface area contributed by atoms with Gasteiger partial charge in [0.15, 0.2) is 0 Å². The van der Waals surface area contributed by atoms with Crippen molar-refractivity contribution in [2.75, 3.05) is 0 Å². The molecule has 150 valence electrons. The lowest BCUT2D eigenvalue weighted by Gasteiger charge is -2.07. The SMILES string of the molecule is CCCCCCCCCCCCCCCCCCc1cccc(O)c1S. The molecule has 1 rings (SSSR count). The highest BCUT2D eigenvalue weighted by Crippen LogP contribution is 2.26. The predicted octanol–water partition coefficient (Wildman–Crippen LogP) is 8.48. The second-order valence-electron chi connectivity index (χ2n) is 7.84. The van der Waals surface area contributed by atoms with Gasteiger partial charge in [0.25, 0.3) is 0 Å². The lowest BCUT2D eigenvalue weighted by molar-refractivity contribution is 0.460. The average molecular weight is 379 g/mol. The Kier molecular flexibility index (Phi) is 14.9. The molecule has 0 spiro atoms. The minimum atomic E-state index is 0.308. The Morgan fingerprint density at radius 3 is 1.54 bits per heavy atom. The molecule has 26 heavy (non-hydrogen) atoms. The van der Waals surface area contributed by atoms with Gasteiger partial charge in [-0.2, -0.15) is 0 Å². The van der Waals surface area contributed by atoms with Crippen LogP contribution in [0.5, 0.6) is 5.75 Å². The molecule has 0 amide bonds. The van der Waals surface area contributed by atoms with E-state index in [1.807, 2.05) is 6.07 Å². The Balaban J connectivity index is 1.80. The van der Waals surface area contributed by atoms with E-state index in [0.717, 1.165) is 11.3 Å². The summed E-state index contributed by atoms with van der Waals surface area (Å²) < 4.78 is 0. The van der Waals surface area contributed by atoms with Crippen molar-refractivity contribution < 1.29 is 5.11 Å². The Hall–Kier alpha value is -0.630. The van der Waals surface area contributed by atoms with Gasteiger partial charge in [0, 0.05) is 4.90 Å². The van der Waals surface area contributed by atoms with Crippen LogP contribution in [0.3, 0.4) is 0 Å². The van der Waals surface area contributed by atoms with Crippen molar-refractivity contribution in [3.05, 3.63) is 23.8 Å². The van der Waals surface area contributed by atoms with Crippen molar-refractivity contribution >= 4 is 12.6 Å². The topological polar surface area (TPSA) is 20.2 Å². The number of aryl methyl sites for hydroxylation is 1. The maximum absolute atomic E-state index is 9.66. The Morgan fingerprint density at radius 2 is 1.08 bits per heavy atom. The van der Waals surface area contributed by atoms with Gasteiger partial charge in [0.05, 0.1) is 0 Å². The summed E-state index contributed by atoms with van der Waals surface area (Å²) in [6.45, 7) is 2.29. The van der Waals surface area contributed by atoms with Gasteiger partial charge in [-0.3, -0.25) is 0 Å². The zero-order valence-electron chi connectivity index (χ0n) is 17.1. The zero-order valence-corrected chi connectivity index (χ0v) is 18.0. The first kappa shape index (κ1) is 23.4. The maximum atomic E-state index is 9.66. The van der Waals surface area contributed by atoms with Gasteiger partial charge in [-0.15, -0.1) is 12.6 Å². The third-order valence-corrected chi connectivity index (χ3v) is 5.91. The molecule has 0 fully saturated rings. The van der Waals surface area contributed by atoms with Crippen LogP contribution in [-0.4, -0.2) is 5.11 Å². The van der Waals surface area contributed by atoms with E-state index in [-0.39, 0.29) is 0 Å². The average Bonchev–Trinajstić information content (AvgIpc) is 2.64. The van der Waals surface area contributed by atoms with Crippen LogP contribution in [0.2, 0.25) is 0 Å². The highest BCUT2D eigenvalue weighted by Gasteiger charge is 2.03. The highest BCUT2D eigenvalue weighted by atomic mass is 32.1. The van der Waals surface area contributed by atoms with Crippen LogP contribution in [0.1, 0.15) is 115 Å². The first-order valence-corrected chi connectivity index (χ1v) is 11.7. The van der Waals surface area contributed by atoms with Gasteiger partial charge in [-0.1, -0.05) is 115 Å². The van der Waals surface area contributed by atoms with Gasteiger partial charge in [-0.05, 0) is 24.5 Å². The third-order valence-electron chi connectivity index (χ3n) is 5.40. The summed E-state index contributed by atoms with van der Waals surface area (Å²) in [4.78, 5) is 0.758. The summed E-state index contributed by atoms with van der Waals surface area (Å²) in [6.07, 6.45) is 23.4. The molecule has 1 N–H and O–H groups in total. The summed E-state index contributed by atoms with van der Waals surface area (Å²) in [5.74, 6) is 0.308. The molecule has 0 saturated heterocycles. The second kappa shape index (κ2) is 16.5. The fraction of sp³-hybridized carbons (Fsp3) is 0.750. The molecule has 0 aromatic heterocycles. The Labute approximate surface area is 168 Å². The lowest BCUT2D eigenvalue weighted by Crippen LogP contribution is -1.89. The largest absolute Gasteiger partial charge is 0.507 e. The molecule has 0 unspecified atom stereocenters. The molecule has 0 radical (unpaired) electrons. The Morgan fingerprint density at radius 1 is 0.654 bits per heavy atom. The summed E-state index contributed by atoms with van der Waals surface area (Å²) in [5, 5.41) is 9.66. The standard InChI is InChI=1S/C24H42OS/c1-2-3-4-5-6-7-8-9-10-11-12-13-14-15-16-17-19-22-20-18-21-23(25)24(22)26/h18,20-21,25-26H,2-17,19H2,1H3. The molecule has 0 atom stereocenters. The normalized spacial score (nSPS) is 11.2. The maximum Gasteiger partial charge on any atom is 0.129 e. The summed E-state index contributed by atoms with van der Waals surface area (Å²) in [5.41, 5.74) is 1.18. The molecule has 0 aliphatic rings. The fourth-order valence-corrected chi connectivity index (χ4v) is 3.90. The zero-order chi connectivity index (χ0) is 18.9. The first-order valence-electron chi connectivity index (χ1n) is 11.3. The number of thiol groups is 1. The van der Waals surface area contributed by atoms with Crippen LogP contribution in [-0.2, 0) is 6.42 Å². The second-order valence-corrected chi connectivity index (χ2v) is 8.29. The van der Waals surface area contributed by atoms with Gasteiger partial charge in [0.2, 0.25) is 0 Å². The van der Waals surface area contributed by atoms with Crippen molar-refractivity contribution in [2.24, 2.45) is 0 Å². The Bertz CT molecular complexity index is 444. The molecular formula is C24H42OS. The van der Waals surface area contributed by atoms with Crippen molar-refractivity contribution in [3.8, 4) is 5.75 Å². The highest BCUT2D eigenvalue weighted by molar-refractivity contribution is 7.80. The molecule has 1 aromatic rings. The van der Waals surface area contributed by atoms with E-state index in [1.165, 1.54) is 108 Å². The molecule has 1 aromatic carbocycles. The molecular weight excluding hydrogens is 336 g/mol. The van der Waals surface area contributed by atoms with Gasteiger partial charge in [-0.25, -0.2) is 0 Å². The van der Waals surface area contributed by atoms with Crippen LogP contribution in [0, 0.1) is 0 Å². The van der Waals surface area contributed by atoms with Gasteiger partial charge >= 0.3 is 0 Å². The van der Waals surface area contributed by atoms with Crippen LogP contribution in [0.15, 0.2) is 23.1 Å². The minimum absolute atomic E-state index is 0.308. The van der Waals surface area contributed by atoms with Crippen molar-refractivity contribution in [1.82, 2.24) is 0 Å². The van der Waals surface area contributed by atoms with Crippen molar-refractivity contribution in [3.63, 3.8) is 0 Å². The van der Waals surface area contributed by atoms with E-state index in [1.54, 1.807) is 6.07 Å². The lowest BCUT2D eigenvalue weighted by atomic mass is 10.0. The number of rotatable bonds is 17. The smallest absolute Gasteiger partial charge is 0.129 e. The number of phenolic OH excluding ortho intramolecular Hbond substituents is 1. The van der Waals surface area contributed by atoms with Crippen LogP contribution in [0.4, 0.5) is 0 Å². The van der Waals surface area contributed by atoms with E-state index < -0.39 is 0 Å². The van der Waals surface area contributed by atoms with Crippen LogP contribution >= 0.6 is 12.6 Å². The quantitative estimate of drug-likeness (QED) is 0.206. The summed E-state index contributed by atoms with van der Waals surface area (Å²) >= 11 is 4.39. The molecule has 0 heterocycles. The minimum Gasteiger partial charge on any atom is -0.507 e. The van der Waals surface area contributed by atoms with Crippen molar-refractivity contribution in [1.29, 1.82) is 0 Å². The number of phenols is 1. The number of unbranched alkanes of at least 4 members (excludes halogenated alkanes) is 15. The van der Waals surface area contributed by atoms with Crippen LogP contribution in [0.25, 0.3) is 0 Å². The summed E-state index contributed by atoms with van der Waals surface area (Å²) in [7, 11) is 0. The van der Waals surface area contributed by atoms with Gasteiger partial charge in [0.1, 0.15) is 5.75 Å².